The Morgan fingerprint density at radius 2 is 1.97 bits per heavy atom. The van der Waals surface area contributed by atoms with Crippen molar-refractivity contribution in [2.45, 2.75) is 18.1 Å². The van der Waals surface area contributed by atoms with Crippen LogP contribution in [0.5, 0.6) is 0 Å². The first kappa shape index (κ1) is 19.0. The molecule has 1 aromatic carbocycles. The normalized spacial score (nSPS) is 14.6. The summed E-state index contributed by atoms with van der Waals surface area (Å²) in [5, 5.41) is 10.1. The van der Waals surface area contributed by atoms with E-state index in [4.69, 9.17) is 5.41 Å². The van der Waals surface area contributed by atoms with Gasteiger partial charge in [-0.1, -0.05) is 6.07 Å². The van der Waals surface area contributed by atoms with E-state index in [1.54, 1.807) is 31.7 Å². The van der Waals surface area contributed by atoms with Crippen molar-refractivity contribution in [3.8, 4) is 11.1 Å². The minimum absolute atomic E-state index is 0.297. The second-order valence-electron chi connectivity index (χ2n) is 6.80. The highest BCUT2D eigenvalue weighted by Gasteiger charge is 2.35. The molecule has 3 N–H and O–H groups in total. The molecular weight excluding hydrogens is 388 g/mol. The molecule has 1 aliphatic rings. The van der Waals surface area contributed by atoms with Gasteiger partial charge < -0.3 is 10.7 Å². The molecule has 1 aliphatic carbocycles. The van der Waals surface area contributed by atoms with Gasteiger partial charge in [0.05, 0.1) is 40.1 Å². The molecule has 3 aromatic rings. The van der Waals surface area contributed by atoms with E-state index in [0.29, 0.717) is 35.3 Å². The summed E-state index contributed by atoms with van der Waals surface area (Å²) in [6.07, 6.45) is 9.12. The molecule has 4 rings (SSSR count). The Kier molecular flexibility index (Phi) is 4.98. The van der Waals surface area contributed by atoms with Crippen LogP contribution in [0, 0.1) is 5.41 Å². The Bertz CT molecular complexity index is 1220. The highest BCUT2D eigenvalue weighted by atomic mass is 32.2. The van der Waals surface area contributed by atoms with Crippen LogP contribution in [-0.2, 0) is 10.0 Å². The van der Waals surface area contributed by atoms with E-state index in [1.807, 2.05) is 18.2 Å². The van der Waals surface area contributed by atoms with Crippen LogP contribution in [-0.4, -0.2) is 41.9 Å². The molecule has 0 spiro atoms. The zero-order valence-electron chi connectivity index (χ0n) is 15.8. The molecule has 0 bridgehead atoms. The van der Waals surface area contributed by atoms with Crippen LogP contribution in [0.25, 0.3) is 27.7 Å². The molecule has 0 atom stereocenters. The standard InChI is InChI=1S/C20H20N6O2S/c1-22-9-15(8-21)20-12-24-18-5-2-13(7-19(18)25-20)14-6-16(11-23-10-14)26-29(27,28)17-3-4-17/h2,5-12,17,21-22,26H,3-4H2,1H3/b15-9+,21-8?. The molecule has 0 unspecified atom stereocenters. The number of anilines is 1. The molecule has 8 nitrogen and oxygen atoms in total. The monoisotopic (exact) mass is 408 g/mol. The molecule has 1 fully saturated rings. The number of rotatable bonds is 7. The maximum absolute atomic E-state index is 12.2. The van der Waals surface area contributed by atoms with Gasteiger partial charge >= 0.3 is 0 Å². The zero-order valence-corrected chi connectivity index (χ0v) is 16.6. The third-order valence-corrected chi connectivity index (χ3v) is 6.46. The number of aromatic nitrogens is 3. The predicted octanol–water partition coefficient (Wildman–Crippen LogP) is 2.81. The summed E-state index contributed by atoms with van der Waals surface area (Å²) in [6.45, 7) is 0. The molecule has 0 saturated heterocycles. The summed E-state index contributed by atoms with van der Waals surface area (Å²) >= 11 is 0. The number of hydrogen-bond acceptors (Lipinski definition) is 7. The molecule has 1 saturated carbocycles. The van der Waals surface area contributed by atoms with Gasteiger partial charge in [0.25, 0.3) is 0 Å². The van der Waals surface area contributed by atoms with Gasteiger partial charge in [-0.15, -0.1) is 0 Å². The van der Waals surface area contributed by atoms with E-state index in [-0.39, 0.29) is 5.25 Å². The fraction of sp³-hybridized carbons (Fsp3) is 0.200. The predicted molar refractivity (Wildman–Crippen MR) is 114 cm³/mol. The van der Waals surface area contributed by atoms with Gasteiger partial charge in [-0.3, -0.25) is 14.7 Å². The van der Waals surface area contributed by atoms with Gasteiger partial charge in [-0.2, -0.15) is 0 Å². The van der Waals surface area contributed by atoms with Crippen molar-refractivity contribution in [1.82, 2.24) is 20.3 Å². The highest BCUT2D eigenvalue weighted by Crippen LogP contribution is 2.31. The van der Waals surface area contributed by atoms with Crippen molar-refractivity contribution in [2.24, 2.45) is 0 Å². The number of nitrogens with one attached hydrogen (secondary N) is 3. The summed E-state index contributed by atoms with van der Waals surface area (Å²) in [6, 6.07) is 7.39. The Morgan fingerprint density at radius 3 is 2.69 bits per heavy atom. The molecule has 148 valence electrons. The SMILES string of the molecule is CN/C=C(\C=N)c1cnc2ccc(-c3cncc(NS(=O)(=O)C4CC4)c3)cc2n1. The molecule has 0 amide bonds. The minimum atomic E-state index is -3.34. The van der Waals surface area contributed by atoms with Crippen molar-refractivity contribution in [3.05, 3.63) is 54.7 Å². The average Bonchev–Trinajstić information content (AvgIpc) is 3.57. The van der Waals surface area contributed by atoms with Crippen molar-refractivity contribution in [2.75, 3.05) is 11.8 Å². The zero-order chi connectivity index (χ0) is 20.4. The number of hydrogen-bond donors (Lipinski definition) is 3. The van der Waals surface area contributed by atoms with E-state index < -0.39 is 10.0 Å². The van der Waals surface area contributed by atoms with Gasteiger partial charge in [-0.25, -0.2) is 13.4 Å². The van der Waals surface area contributed by atoms with Gasteiger partial charge in [0.1, 0.15) is 0 Å². The Morgan fingerprint density at radius 1 is 1.14 bits per heavy atom. The fourth-order valence-electron chi connectivity index (χ4n) is 2.95. The molecule has 2 heterocycles. The van der Waals surface area contributed by atoms with E-state index in [1.165, 1.54) is 12.4 Å². The van der Waals surface area contributed by atoms with E-state index in [0.717, 1.165) is 16.6 Å². The first-order valence-corrected chi connectivity index (χ1v) is 10.7. The third-order valence-electron chi connectivity index (χ3n) is 4.59. The minimum Gasteiger partial charge on any atom is -0.393 e. The van der Waals surface area contributed by atoms with E-state index >= 15 is 0 Å². The first-order chi connectivity index (χ1) is 14.0. The van der Waals surface area contributed by atoms with Crippen LogP contribution in [0.15, 0.2) is 49.1 Å². The first-order valence-electron chi connectivity index (χ1n) is 9.12. The number of allylic oxidation sites excluding steroid dienone is 1. The van der Waals surface area contributed by atoms with Crippen LogP contribution in [0.4, 0.5) is 5.69 Å². The lowest BCUT2D eigenvalue weighted by molar-refractivity contribution is 0.600. The number of fused-ring (bicyclic) bond motifs is 1. The lowest BCUT2D eigenvalue weighted by Gasteiger charge is -2.09. The number of pyridine rings is 1. The molecule has 29 heavy (non-hydrogen) atoms. The van der Waals surface area contributed by atoms with Crippen LogP contribution in [0.1, 0.15) is 18.5 Å². The van der Waals surface area contributed by atoms with Crippen LogP contribution in [0.2, 0.25) is 0 Å². The maximum atomic E-state index is 12.2. The van der Waals surface area contributed by atoms with Crippen LogP contribution >= 0.6 is 0 Å². The summed E-state index contributed by atoms with van der Waals surface area (Å²) < 4.78 is 27.0. The quantitative estimate of drug-likeness (QED) is 0.517. The lowest BCUT2D eigenvalue weighted by atomic mass is 10.1. The third kappa shape index (κ3) is 4.09. The fourth-order valence-corrected chi connectivity index (χ4v) is 4.32. The van der Waals surface area contributed by atoms with Crippen molar-refractivity contribution >= 4 is 38.5 Å². The van der Waals surface area contributed by atoms with Crippen molar-refractivity contribution < 1.29 is 8.42 Å². The summed E-state index contributed by atoms with van der Waals surface area (Å²) in [5.74, 6) is 0. The van der Waals surface area contributed by atoms with E-state index in [9.17, 15) is 8.42 Å². The van der Waals surface area contributed by atoms with Crippen molar-refractivity contribution in [1.29, 1.82) is 5.41 Å². The van der Waals surface area contributed by atoms with Gasteiger partial charge in [-0.05, 0) is 36.6 Å². The average molecular weight is 408 g/mol. The number of nitrogens with zero attached hydrogens (tertiary/aromatic N) is 3. The number of sulfonamides is 1. The highest BCUT2D eigenvalue weighted by molar-refractivity contribution is 7.93. The summed E-state index contributed by atoms with van der Waals surface area (Å²) in [4.78, 5) is 13.2. The Labute approximate surface area is 168 Å². The lowest BCUT2D eigenvalue weighted by Crippen LogP contribution is -2.17. The molecule has 2 aromatic heterocycles. The number of benzene rings is 1. The van der Waals surface area contributed by atoms with Gasteiger partial charge in [0.2, 0.25) is 10.0 Å². The van der Waals surface area contributed by atoms with Gasteiger partial charge in [0, 0.05) is 36.8 Å². The summed E-state index contributed by atoms with van der Waals surface area (Å²) in [5.41, 5.74) is 4.66. The second-order valence-corrected chi connectivity index (χ2v) is 8.76. The van der Waals surface area contributed by atoms with Crippen LogP contribution < -0.4 is 10.0 Å². The Hall–Kier alpha value is -3.33. The molecule has 0 radical (unpaired) electrons. The maximum Gasteiger partial charge on any atom is 0.235 e. The summed E-state index contributed by atoms with van der Waals surface area (Å²) in [7, 11) is -1.59. The second kappa shape index (κ2) is 7.59. The Balaban J connectivity index is 1.69. The molecule has 0 aliphatic heterocycles. The molecular formula is C20H20N6O2S. The van der Waals surface area contributed by atoms with E-state index in [2.05, 4.69) is 25.0 Å². The van der Waals surface area contributed by atoms with Gasteiger partial charge in [0.15, 0.2) is 0 Å². The largest absolute Gasteiger partial charge is 0.393 e. The van der Waals surface area contributed by atoms with Crippen LogP contribution in [0.3, 0.4) is 0 Å². The van der Waals surface area contributed by atoms with Crippen molar-refractivity contribution in [3.63, 3.8) is 0 Å². The smallest absolute Gasteiger partial charge is 0.235 e. The molecule has 9 heteroatoms. The topological polar surface area (TPSA) is 121 Å².